The molecule has 0 radical (unpaired) electrons. The number of benzene rings is 4. The Bertz CT molecular complexity index is 2130. The van der Waals surface area contributed by atoms with Crippen LogP contribution in [0, 0.1) is 0 Å². The molecule has 0 aromatic heterocycles. The van der Waals surface area contributed by atoms with E-state index in [4.69, 9.17) is 4.74 Å². The lowest BCUT2D eigenvalue weighted by molar-refractivity contribution is -0.138. The second-order valence-corrected chi connectivity index (χ2v) is 14.3. The summed E-state index contributed by atoms with van der Waals surface area (Å²) >= 11 is 0. The van der Waals surface area contributed by atoms with Crippen molar-refractivity contribution < 1.29 is 37.5 Å². The predicted octanol–water partition coefficient (Wildman–Crippen LogP) is 6.74. The van der Waals surface area contributed by atoms with Crippen LogP contribution in [0.25, 0.3) is 11.1 Å². The summed E-state index contributed by atoms with van der Waals surface area (Å²) in [6.07, 6.45) is 1.21. The lowest BCUT2D eigenvalue weighted by Crippen LogP contribution is -2.48. The van der Waals surface area contributed by atoms with Crippen LogP contribution in [-0.4, -0.2) is 71.7 Å². The molecule has 2 saturated heterocycles. The van der Waals surface area contributed by atoms with E-state index in [9.17, 15) is 24.0 Å². The molecule has 4 aromatic carbocycles. The Hall–Kier alpha value is -5.91. The van der Waals surface area contributed by atoms with Crippen LogP contribution in [0.4, 0.5) is 19.3 Å². The number of rotatable bonds is 10. The molecule has 0 saturated carbocycles. The third-order valence-electron chi connectivity index (χ3n) is 11.0. The van der Waals surface area contributed by atoms with Crippen LogP contribution < -0.4 is 10.6 Å². The number of hydrogen-bond donors (Lipinski definition) is 2. The molecule has 4 aromatic rings. The third kappa shape index (κ3) is 7.33. The van der Waals surface area contributed by atoms with Crippen LogP contribution in [0.2, 0.25) is 0 Å². The number of carbonyl (C=O) groups is 5. The van der Waals surface area contributed by atoms with Crippen molar-refractivity contribution in [2.75, 3.05) is 25.5 Å². The van der Waals surface area contributed by atoms with E-state index in [1.807, 2.05) is 37.3 Å². The van der Waals surface area contributed by atoms with Gasteiger partial charge in [0.2, 0.25) is 11.8 Å². The topological polar surface area (TPSA) is 125 Å². The molecule has 10 nitrogen and oxygen atoms in total. The van der Waals surface area contributed by atoms with Crippen LogP contribution in [-0.2, 0) is 36.3 Å². The number of likely N-dealkylation sites (tertiary alicyclic amines) is 2. The third-order valence-corrected chi connectivity index (χ3v) is 11.0. The van der Waals surface area contributed by atoms with Crippen molar-refractivity contribution in [3.05, 3.63) is 125 Å². The summed E-state index contributed by atoms with van der Waals surface area (Å²) in [5.74, 6) is -5.17. The number of carbonyl (C=O) groups excluding carboxylic acids is 5. The number of hydrogen-bond acceptors (Lipinski definition) is 6. The highest BCUT2D eigenvalue weighted by Gasteiger charge is 2.45. The Morgan fingerprint density at radius 2 is 1.35 bits per heavy atom. The zero-order valence-electron chi connectivity index (χ0n) is 30.6. The molecule has 3 aliphatic rings. The maximum absolute atomic E-state index is 16.2. The molecule has 4 amide bonds. The van der Waals surface area contributed by atoms with E-state index < -0.39 is 47.9 Å². The molecule has 2 aliphatic heterocycles. The Balaban J connectivity index is 1.04. The minimum atomic E-state index is -3.41. The molecule has 7 rings (SSSR count). The number of halogens is 2. The van der Waals surface area contributed by atoms with Crippen LogP contribution in [0.3, 0.4) is 0 Å². The lowest BCUT2D eigenvalue weighted by Gasteiger charge is -2.28. The van der Waals surface area contributed by atoms with Gasteiger partial charge < -0.3 is 25.2 Å². The molecular weight excluding hydrogens is 706 g/mol. The van der Waals surface area contributed by atoms with Gasteiger partial charge in [0.1, 0.15) is 12.1 Å². The largest absolute Gasteiger partial charge is 0.453 e. The molecule has 4 atom stereocenters. The standard InChI is InChI=1S/C43H42F2N4O6/c1-26(28-11-5-3-6-12-28)40(52)48-21-9-15-35(48)37(50)24-27-17-19-31-32-20-18-30(25-34(32)43(44,45)33(31)23-27)46-39(51)36-16-10-22-49(36)41(53)38(47-42(54)55-2)29-13-7-4-8-14-29/h3-8,11-14,17-20,23,25-26,35-36,38H,9-10,15-16,21-22,24H2,1-2H3,(H,46,51)(H,47,54)/t26-,35+,36+,38-/m1/s1. The maximum atomic E-state index is 16.2. The van der Waals surface area contributed by atoms with E-state index in [1.54, 1.807) is 53.4 Å². The second kappa shape index (κ2) is 15.4. The van der Waals surface area contributed by atoms with Gasteiger partial charge in [-0.05, 0) is 78.6 Å². The van der Waals surface area contributed by atoms with E-state index in [2.05, 4.69) is 10.6 Å². The van der Waals surface area contributed by atoms with Crippen molar-refractivity contribution in [2.45, 2.75) is 69.0 Å². The molecule has 0 bridgehead atoms. The van der Waals surface area contributed by atoms with Gasteiger partial charge >= 0.3 is 6.09 Å². The van der Waals surface area contributed by atoms with Crippen molar-refractivity contribution in [2.24, 2.45) is 0 Å². The van der Waals surface area contributed by atoms with Gasteiger partial charge in [0, 0.05) is 36.3 Å². The first-order valence-corrected chi connectivity index (χ1v) is 18.5. The molecular formula is C43H42F2N4O6. The zero-order valence-corrected chi connectivity index (χ0v) is 30.6. The Kier molecular flexibility index (Phi) is 10.5. The van der Waals surface area contributed by atoms with Crippen molar-refractivity contribution in [1.29, 1.82) is 0 Å². The van der Waals surface area contributed by atoms with E-state index in [1.165, 1.54) is 30.2 Å². The number of methoxy groups -OCH3 is 1. The van der Waals surface area contributed by atoms with Gasteiger partial charge in [-0.1, -0.05) is 78.9 Å². The summed E-state index contributed by atoms with van der Waals surface area (Å²) in [6, 6.07) is 24.4. The monoisotopic (exact) mass is 748 g/mol. The minimum Gasteiger partial charge on any atom is -0.453 e. The molecule has 2 N–H and O–H groups in total. The first-order chi connectivity index (χ1) is 26.5. The van der Waals surface area contributed by atoms with Crippen molar-refractivity contribution in [1.82, 2.24) is 15.1 Å². The fourth-order valence-electron chi connectivity index (χ4n) is 8.08. The highest BCUT2D eigenvalue weighted by Crippen LogP contribution is 2.52. The van der Waals surface area contributed by atoms with E-state index in [-0.39, 0.29) is 41.5 Å². The number of nitrogens with one attached hydrogen (secondary N) is 2. The van der Waals surface area contributed by atoms with Gasteiger partial charge in [0.25, 0.3) is 11.8 Å². The summed E-state index contributed by atoms with van der Waals surface area (Å²) in [5, 5.41) is 5.30. The summed E-state index contributed by atoms with van der Waals surface area (Å²) in [7, 11) is 1.19. The zero-order chi connectivity index (χ0) is 38.9. The van der Waals surface area contributed by atoms with Gasteiger partial charge in [-0.15, -0.1) is 0 Å². The van der Waals surface area contributed by atoms with Crippen molar-refractivity contribution in [3.8, 4) is 11.1 Å². The fourth-order valence-corrected chi connectivity index (χ4v) is 8.08. The fraction of sp³-hybridized carbons (Fsp3) is 0.326. The molecule has 55 heavy (non-hydrogen) atoms. The summed E-state index contributed by atoms with van der Waals surface area (Å²) in [5.41, 5.74) is 2.10. The van der Waals surface area contributed by atoms with E-state index >= 15 is 8.78 Å². The summed E-state index contributed by atoms with van der Waals surface area (Å²) in [4.78, 5) is 69.6. The van der Waals surface area contributed by atoms with Crippen LogP contribution >= 0.6 is 0 Å². The van der Waals surface area contributed by atoms with Crippen LogP contribution in [0.5, 0.6) is 0 Å². The summed E-state index contributed by atoms with van der Waals surface area (Å²) in [6.45, 7) is 2.57. The number of fused-ring (bicyclic) bond motifs is 3. The number of ketones is 1. The van der Waals surface area contributed by atoms with Crippen LogP contribution in [0.1, 0.15) is 72.4 Å². The smallest absolute Gasteiger partial charge is 0.407 e. The Labute approximate surface area is 317 Å². The van der Waals surface area contributed by atoms with Gasteiger partial charge in [-0.3, -0.25) is 19.2 Å². The predicted molar refractivity (Wildman–Crippen MR) is 201 cm³/mol. The number of amides is 4. The first kappa shape index (κ1) is 37.4. The molecule has 0 spiro atoms. The highest BCUT2D eigenvalue weighted by molar-refractivity contribution is 5.99. The quantitative estimate of drug-likeness (QED) is 0.185. The number of alkyl carbamates (subject to hydrolysis) is 1. The number of anilines is 1. The van der Waals surface area contributed by atoms with Gasteiger partial charge in [0.05, 0.1) is 19.1 Å². The van der Waals surface area contributed by atoms with E-state index in [0.29, 0.717) is 54.5 Å². The summed E-state index contributed by atoms with van der Waals surface area (Å²) < 4.78 is 37.1. The van der Waals surface area contributed by atoms with Crippen LogP contribution in [0.15, 0.2) is 97.1 Å². The Morgan fingerprint density at radius 1 is 0.764 bits per heavy atom. The van der Waals surface area contributed by atoms with Crippen molar-refractivity contribution in [3.63, 3.8) is 0 Å². The van der Waals surface area contributed by atoms with Gasteiger partial charge in [-0.2, -0.15) is 8.78 Å². The molecule has 1 aliphatic carbocycles. The molecule has 2 fully saturated rings. The van der Waals surface area contributed by atoms with Gasteiger partial charge in [-0.25, -0.2) is 4.79 Å². The number of ether oxygens (including phenoxy) is 1. The molecule has 0 unspecified atom stereocenters. The normalized spacial score (nSPS) is 19.2. The number of alkyl halides is 2. The molecule has 12 heteroatoms. The molecule has 284 valence electrons. The minimum absolute atomic E-state index is 0.0912. The van der Waals surface area contributed by atoms with Gasteiger partial charge in [0.15, 0.2) is 5.78 Å². The average molecular weight is 749 g/mol. The SMILES string of the molecule is COC(=O)N[C@@H](C(=O)N1CCC[C@H]1C(=O)Nc1ccc2c(c1)C(F)(F)c1cc(CC(=O)[C@@H]3CCCN3C(=O)[C@H](C)c3ccccc3)ccc1-2)c1ccccc1. The average Bonchev–Trinajstić information content (AvgIpc) is 3.95. The van der Waals surface area contributed by atoms with Crippen molar-refractivity contribution >= 4 is 35.3 Å². The second-order valence-electron chi connectivity index (χ2n) is 14.3. The lowest BCUT2D eigenvalue weighted by atomic mass is 9.96. The molecule has 2 heterocycles. The maximum Gasteiger partial charge on any atom is 0.407 e. The highest BCUT2D eigenvalue weighted by atomic mass is 19.3. The van der Waals surface area contributed by atoms with E-state index in [0.717, 1.165) is 5.56 Å². The number of Topliss-reactive ketones (excluding diaryl/α,β-unsaturated/α-hetero) is 1. The Morgan fingerprint density at radius 3 is 2.00 bits per heavy atom. The first-order valence-electron chi connectivity index (χ1n) is 18.5. The number of nitrogens with zero attached hydrogens (tertiary/aromatic N) is 2.